The van der Waals surface area contributed by atoms with Crippen molar-refractivity contribution in [1.82, 2.24) is 10.3 Å². The number of amides is 2. The first kappa shape index (κ1) is 19.3. The lowest BCUT2D eigenvalue weighted by Gasteiger charge is -2.07. The van der Waals surface area contributed by atoms with Crippen molar-refractivity contribution in [1.29, 1.82) is 0 Å². The van der Waals surface area contributed by atoms with Crippen LogP contribution >= 0.6 is 11.6 Å². The van der Waals surface area contributed by atoms with Crippen LogP contribution in [-0.2, 0) is 9.53 Å². The number of carbonyl (C=O) groups excluding carboxylic acids is 3. The zero-order chi connectivity index (χ0) is 19.1. The van der Waals surface area contributed by atoms with Gasteiger partial charge in [0.2, 0.25) is 0 Å². The van der Waals surface area contributed by atoms with Crippen LogP contribution in [0.3, 0.4) is 0 Å². The maximum absolute atomic E-state index is 12.0. The molecule has 0 radical (unpaired) electrons. The molecule has 1 aromatic heterocycles. The van der Waals surface area contributed by atoms with Crippen molar-refractivity contribution in [2.75, 3.05) is 6.61 Å². The first-order valence-electron chi connectivity index (χ1n) is 7.03. The number of alkyl halides is 2. The first-order chi connectivity index (χ1) is 12.4. The van der Waals surface area contributed by atoms with Crippen LogP contribution in [0.2, 0.25) is 5.15 Å². The van der Waals surface area contributed by atoms with E-state index in [9.17, 15) is 23.2 Å². The maximum atomic E-state index is 12.0. The van der Waals surface area contributed by atoms with Crippen molar-refractivity contribution in [2.45, 2.75) is 6.61 Å². The van der Waals surface area contributed by atoms with Crippen molar-refractivity contribution in [3.8, 4) is 5.75 Å². The Labute approximate surface area is 150 Å². The molecule has 0 unspecified atom stereocenters. The van der Waals surface area contributed by atoms with E-state index in [0.29, 0.717) is 0 Å². The SMILES string of the molecule is O=C(COC(=O)c1cccnc1Cl)NC(=O)c1ccc(OC(F)F)cc1. The highest BCUT2D eigenvalue weighted by molar-refractivity contribution is 6.32. The minimum Gasteiger partial charge on any atom is -0.452 e. The van der Waals surface area contributed by atoms with Crippen LogP contribution in [-0.4, -0.2) is 36.0 Å². The molecule has 26 heavy (non-hydrogen) atoms. The Morgan fingerprint density at radius 2 is 1.85 bits per heavy atom. The highest BCUT2D eigenvalue weighted by atomic mass is 35.5. The predicted molar refractivity (Wildman–Crippen MR) is 85.1 cm³/mol. The Bertz CT molecular complexity index is 815. The summed E-state index contributed by atoms with van der Waals surface area (Å²) in [7, 11) is 0. The van der Waals surface area contributed by atoms with Crippen molar-refractivity contribution in [2.24, 2.45) is 0 Å². The number of esters is 1. The van der Waals surface area contributed by atoms with E-state index in [1.807, 2.05) is 5.32 Å². The van der Waals surface area contributed by atoms with Crippen molar-refractivity contribution < 1.29 is 32.6 Å². The van der Waals surface area contributed by atoms with Crippen molar-refractivity contribution in [3.05, 3.63) is 58.9 Å². The maximum Gasteiger partial charge on any atom is 0.387 e. The normalized spacial score (nSPS) is 10.3. The van der Waals surface area contributed by atoms with Crippen LogP contribution in [0.15, 0.2) is 42.6 Å². The third-order valence-electron chi connectivity index (χ3n) is 2.91. The lowest BCUT2D eigenvalue weighted by Crippen LogP contribution is -2.34. The van der Waals surface area contributed by atoms with Gasteiger partial charge < -0.3 is 9.47 Å². The van der Waals surface area contributed by atoms with Gasteiger partial charge in [0.15, 0.2) is 6.61 Å². The number of pyridine rings is 1. The molecule has 136 valence electrons. The van der Waals surface area contributed by atoms with E-state index in [1.165, 1.54) is 30.5 Å². The topological polar surface area (TPSA) is 94.6 Å². The fraction of sp³-hybridized carbons (Fsp3) is 0.125. The molecule has 2 aromatic rings. The van der Waals surface area contributed by atoms with Gasteiger partial charge in [-0.25, -0.2) is 9.78 Å². The highest BCUT2D eigenvalue weighted by Crippen LogP contribution is 2.15. The molecule has 0 aliphatic heterocycles. The van der Waals surface area contributed by atoms with E-state index >= 15 is 0 Å². The van der Waals surface area contributed by atoms with Gasteiger partial charge in [0, 0.05) is 11.8 Å². The number of hydrogen-bond donors (Lipinski definition) is 1. The minimum absolute atomic E-state index is 0.0251. The number of ether oxygens (including phenoxy) is 2. The van der Waals surface area contributed by atoms with Gasteiger partial charge in [-0.1, -0.05) is 11.6 Å². The van der Waals surface area contributed by atoms with Crippen molar-refractivity contribution in [3.63, 3.8) is 0 Å². The molecule has 1 N–H and O–H groups in total. The summed E-state index contributed by atoms with van der Waals surface area (Å²) < 4.78 is 33.0. The van der Waals surface area contributed by atoms with Crippen LogP contribution in [0.5, 0.6) is 5.75 Å². The quantitative estimate of drug-likeness (QED) is 0.607. The largest absolute Gasteiger partial charge is 0.452 e. The van der Waals surface area contributed by atoms with Gasteiger partial charge in [-0.15, -0.1) is 0 Å². The van der Waals surface area contributed by atoms with Gasteiger partial charge in [-0.05, 0) is 36.4 Å². The number of imide groups is 1. The molecule has 7 nitrogen and oxygen atoms in total. The van der Waals surface area contributed by atoms with Crippen LogP contribution in [0.4, 0.5) is 8.78 Å². The Kier molecular flexibility index (Phi) is 6.56. The molecule has 0 saturated heterocycles. The number of nitrogens with zero attached hydrogens (tertiary/aromatic N) is 1. The first-order valence-corrected chi connectivity index (χ1v) is 7.41. The molecule has 0 aliphatic rings. The standard InChI is InChI=1S/C16H11ClF2N2O5/c17-13-11(2-1-7-20-13)15(24)25-8-12(22)21-14(23)9-3-5-10(6-4-9)26-16(18)19/h1-7,16H,8H2,(H,21,22,23). The fourth-order valence-corrected chi connectivity index (χ4v) is 1.97. The van der Waals surface area contributed by atoms with E-state index in [4.69, 9.17) is 16.3 Å². The lowest BCUT2D eigenvalue weighted by molar-refractivity contribution is -0.123. The summed E-state index contributed by atoms with van der Waals surface area (Å²) in [6.45, 7) is -3.71. The molecule has 0 saturated carbocycles. The number of hydrogen-bond acceptors (Lipinski definition) is 6. The van der Waals surface area contributed by atoms with Crippen LogP contribution in [0.1, 0.15) is 20.7 Å². The zero-order valence-electron chi connectivity index (χ0n) is 12.9. The number of aromatic nitrogens is 1. The molecule has 0 atom stereocenters. The van der Waals surface area contributed by atoms with E-state index in [1.54, 1.807) is 0 Å². The third-order valence-corrected chi connectivity index (χ3v) is 3.21. The van der Waals surface area contributed by atoms with Gasteiger partial charge in [-0.2, -0.15) is 8.78 Å². The molecule has 2 rings (SSSR count). The van der Waals surface area contributed by atoms with E-state index < -0.39 is 31.0 Å². The number of benzene rings is 1. The fourth-order valence-electron chi connectivity index (χ4n) is 1.77. The Morgan fingerprint density at radius 3 is 2.46 bits per heavy atom. The molecule has 10 heteroatoms. The minimum atomic E-state index is -2.99. The van der Waals surface area contributed by atoms with Crippen LogP contribution in [0, 0.1) is 0 Å². The Morgan fingerprint density at radius 1 is 1.15 bits per heavy atom. The van der Waals surface area contributed by atoms with Gasteiger partial charge in [0.25, 0.3) is 11.8 Å². The molecular weight excluding hydrogens is 374 g/mol. The summed E-state index contributed by atoms with van der Waals surface area (Å²) in [6, 6.07) is 7.52. The van der Waals surface area contributed by atoms with E-state index in [0.717, 1.165) is 12.1 Å². The van der Waals surface area contributed by atoms with Crippen LogP contribution < -0.4 is 10.1 Å². The average molecular weight is 385 g/mol. The van der Waals surface area contributed by atoms with Gasteiger partial charge in [-0.3, -0.25) is 14.9 Å². The summed E-state index contributed by atoms with van der Waals surface area (Å²) in [5.41, 5.74) is 0.00417. The molecule has 0 bridgehead atoms. The number of carbonyl (C=O) groups is 3. The second-order valence-corrected chi connectivity index (χ2v) is 5.06. The average Bonchev–Trinajstić information content (AvgIpc) is 2.60. The monoisotopic (exact) mass is 384 g/mol. The summed E-state index contributed by atoms with van der Waals surface area (Å²) >= 11 is 5.72. The number of nitrogens with one attached hydrogen (secondary N) is 1. The Balaban J connectivity index is 1.86. The third kappa shape index (κ3) is 5.49. The molecular formula is C16H11ClF2N2O5. The molecule has 0 fully saturated rings. The summed E-state index contributed by atoms with van der Waals surface area (Å²) in [5, 5.41) is 1.90. The summed E-state index contributed by atoms with van der Waals surface area (Å²) in [6.07, 6.45) is 1.38. The van der Waals surface area contributed by atoms with Gasteiger partial charge in [0.1, 0.15) is 10.9 Å². The zero-order valence-corrected chi connectivity index (χ0v) is 13.7. The van der Waals surface area contributed by atoms with E-state index in [2.05, 4.69) is 9.72 Å². The van der Waals surface area contributed by atoms with E-state index in [-0.39, 0.29) is 22.0 Å². The molecule has 1 heterocycles. The summed E-state index contributed by atoms with van der Waals surface area (Å²) in [5.74, 6) is -2.69. The second kappa shape index (κ2) is 8.86. The van der Waals surface area contributed by atoms with Gasteiger partial charge in [0.05, 0.1) is 5.56 Å². The molecule has 0 spiro atoms. The lowest BCUT2D eigenvalue weighted by atomic mass is 10.2. The van der Waals surface area contributed by atoms with Gasteiger partial charge >= 0.3 is 12.6 Å². The smallest absolute Gasteiger partial charge is 0.387 e. The number of halogens is 3. The summed E-state index contributed by atoms with van der Waals surface area (Å²) in [4.78, 5) is 39.0. The van der Waals surface area contributed by atoms with Crippen molar-refractivity contribution >= 4 is 29.4 Å². The molecule has 1 aromatic carbocycles. The molecule has 2 amide bonds. The number of rotatable bonds is 6. The predicted octanol–water partition coefficient (Wildman–Crippen LogP) is 2.45. The molecule has 0 aliphatic carbocycles. The highest BCUT2D eigenvalue weighted by Gasteiger charge is 2.16. The Hall–Kier alpha value is -3.07. The van der Waals surface area contributed by atoms with Crippen LogP contribution in [0.25, 0.3) is 0 Å². The second-order valence-electron chi connectivity index (χ2n) is 4.70.